The van der Waals surface area contributed by atoms with E-state index in [1.165, 1.54) is 24.3 Å². The molecule has 1 N–H and O–H groups in total. The van der Waals surface area contributed by atoms with Gasteiger partial charge in [0.05, 0.1) is 28.0 Å². The van der Waals surface area contributed by atoms with E-state index in [0.29, 0.717) is 0 Å². The van der Waals surface area contributed by atoms with E-state index in [2.05, 4.69) is 0 Å². The van der Waals surface area contributed by atoms with Crippen LogP contribution in [0.3, 0.4) is 0 Å². The highest BCUT2D eigenvalue weighted by Gasteiger charge is 2.56. The molecule has 2 aromatic rings. The molecule has 188 valence electrons. The topological polar surface area (TPSA) is 134 Å². The SMILES string of the molecule is Cc1ccc(S(=O)(=O)N2C[C@@H](O)[C@H]3OC(C)(C)O[C@@H]3[C@H]2CC(C#N)S(=O)(=O)c2ccccc2)cc1. The van der Waals surface area contributed by atoms with Crippen molar-refractivity contribution in [2.45, 2.75) is 72.4 Å². The van der Waals surface area contributed by atoms with Gasteiger partial charge in [-0.1, -0.05) is 35.9 Å². The quantitative estimate of drug-likeness (QED) is 0.611. The Morgan fingerprint density at radius 3 is 2.23 bits per heavy atom. The molecule has 5 atom stereocenters. The van der Waals surface area contributed by atoms with E-state index in [0.717, 1.165) is 9.87 Å². The van der Waals surface area contributed by atoms with Gasteiger partial charge in [0.25, 0.3) is 0 Å². The van der Waals surface area contributed by atoms with Gasteiger partial charge in [0, 0.05) is 6.54 Å². The van der Waals surface area contributed by atoms with Crippen LogP contribution in [0.1, 0.15) is 25.8 Å². The smallest absolute Gasteiger partial charge is 0.243 e. The van der Waals surface area contributed by atoms with Crippen LogP contribution in [0.5, 0.6) is 0 Å². The molecule has 2 fully saturated rings. The third-order valence-electron chi connectivity index (χ3n) is 6.33. The number of aliphatic hydroxyl groups excluding tert-OH is 1. The van der Waals surface area contributed by atoms with Crippen molar-refractivity contribution < 1.29 is 31.4 Å². The molecule has 2 heterocycles. The molecule has 0 radical (unpaired) electrons. The lowest BCUT2D eigenvalue weighted by atomic mass is 9.93. The molecule has 0 saturated carbocycles. The summed E-state index contributed by atoms with van der Waals surface area (Å²) in [7, 11) is -8.27. The summed E-state index contributed by atoms with van der Waals surface area (Å²) in [6.45, 7) is 4.77. The Morgan fingerprint density at radius 1 is 1.03 bits per heavy atom. The predicted molar refractivity (Wildman–Crippen MR) is 126 cm³/mol. The molecule has 11 heteroatoms. The van der Waals surface area contributed by atoms with Crippen LogP contribution in [-0.2, 0) is 29.3 Å². The van der Waals surface area contributed by atoms with Gasteiger partial charge in [-0.15, -0.1) is 0 Å². The number of sulfonamides is 1. The molecule has 0 spiro atoms. The molecule has 0 aromatic heterocycles. The van der Waals surface area contributed by atoms with Crippen LogP contribution >= 0.6 is 0 Å². The Bertz CT molecular complexity index is 1320. The van der Waals surface area contributed by atoms with E-state index >= 15 is 0 Å². The number of piperidine rings is 1. The second kappa shape index (κ2) is 9.28. The number of aryl methyl sites for hydroxylation is 1. The Balaban J connectivity index is 1.77. The Kier molecular flexibility index (Phi) is 6.83. The van der Waals surface area contributed by atoms with Gasteiger partial charge in [-0.3, -0.25) is 0 Å². The van der Waals surface area contributed by atoms with Crippen LogP contribution in [0, 0.1) is 18.3 Å². The first-order valence-corrected chi connectivity index (χ1v) is 14.2. The molecule has 4 rings (SSSR count). The molecule has 0 amide bonds. The third-order valence-corrected chi connectivity index (χ3v) is 10.2. The highest BCUT2D eigenvalue weighted by molar-refractivity contribution is 7.92. The summed E-state index contributed by atoms with van der Waals surface area (Å²) in [4.78, 5) is -0.0350. The molecule has 1 unspecified atom stereocenters. The number of hydrogen-bond donors (Lipinski definition) is 1. The summed E-state index contributed by atoms with van der Waals surface area (Å²) in [6.07, 6.45) is -3.41. The van der Waals surface area contributed by atoms with E-state index < -0.39 is 55.3 Å². The first-order valence-electron chi connectivity index (χ1n) is 11.2. The second-order valence-corrected chi connectivity index (χ2v) is 13.3. The molecule has 9 nitrogen and oxygen atoms in total. The minimum atomic E-state index is -4.17. The Morgan fingerprint density at radius 2 is 1.63 bits per heavy atom. The number of ether oxygens (including phenoxy) is 2. The molecule has 0 bridgehead atoms. The molecule has 2 aromatic carbocycles. The lowest BCUT2D eigenvalue weighted by Crippen LogP contribution is -2.62. The van der Waals surface area contributed by atoms with Crippen molar-refractivity contribution in [3.8, 4) is 6.07 Å². The molecule has 0 aliphatic carbocycles. The number of aliphatic hydroxyl groups is 1. The number of sulfone groups is 1. The van der Waals surface area contributed by atoms with Crippen molar-refractivity contribution >= 4 is 19.9 Å². The average molecular weight is 521 g/mol. The molecule has 2 saturated heterocycles. The van der Waals surface area contributed by atoms with Crippen LogP contribution in [0.2, 0.25) is 0 Å². The minimum Gasteiger partial charge on any atom is -0.389 e. The Labute approximate surface area is 205 Å². The average Bonchev–Trinajstić information content (AvgIpc) is 3.15. The maximum atomic E-state index is 13.7. The normalized spacial score (nSPS) is 27.6. The zero-order valence-electron chi connectivity index (χ0n) is 19.6. The fourth-order valence-electron chi connectivity index (χ4n) is 4.62. The lowest BCUT2D eigenvalue weighted by molar-refractivity contribution is -0.153. The first-order chi connectivity index (χ1) is 16.4. The monoisotopic (exact) mass is 520 g/mol. The van der Waals surface area contributed by atoms with Gasteiger partial charge < -0.3 is 14.6 Å². The summed E-state index contributed by atoms with van der Waals surface area (Å²) < 4.78 is 66.8. The fraction of sp³-hybridized carbons (Fsp3) is 0.458. The lowest BCUT2D eigenvalue weighted by Gasteiger charge is -2.43. The van der Waals surface area contributed by atoms with Gasteiger partial charge in [0.2, 0.25) is 10.0 Å². The van der Waals surface area contributed by atoms with Crippen molar-refractivity contribution in [3.63, 3.8) is 0 Å². The predicted octanol–water partition coefficient (Wildman–Crippen LogP) is 2.01. The van der Waals surface area contributed by atoms with Gasteiger partial charge in [0.15, 0.2) is 20.9 Å². The molecule has 2 aliphatic heterocycles. The summed E-state index contributed by atoms with van der Waals surface area (Å²) in [5.74, 6) is -1.13. The minimum absolute atomic E-state index is 0.00338. The van der Waals surface area contributed by atoms with Crippen LogP contribution < -0.4 is 0 Å². The van der Waals surface area contributed by atoms with E-state index in [9.17, 15) is 27.2 Å². The van der Waals surface area contributed by atoms with Gasteiger partial charge >= 0.3 is 0 Å². The third kappa shape index (κ3) is 4.87. The van der Waals surface area contributed by atoms with Crippen LogP contribution in [0.25, 0.3) is 0 Å². The van der Waals surface area contributed by atoms with Crippen LogP contribution in [0.4, 0.5) is 0 Å². The standard InChI is InChI=1S/C24H28N2O7S2/c1-16-9-11-18(12-10-16)35(30,31)26-15-21(27)23-22(32-24(2,3)33-23)20(26)13-19(14-25)34(28,29)17-7-5-4-6-8-17/h4-12,19-23,27H,13,15H2,1-3H3/t19?,20-,21-,22-,23-/m1/s1. The number of β-amino-alcohol motifs (C(OH)–C–C–N with tert-alkyl or cyclic N) is 1. The number of rotatable bonds is 6. The van der Waals surface area contributed by atoms with E-state index in [1.54, 1.807) is 44.2 Å². The molecule has 35 heavy (non-hydrogen) atoms. The summed E-state index contributed by atoms with van der Waals surface area (Å²) in [5.41, 5.74) is 0.868. The Hall–Kier alpha value is -2.33. The van der Waals surface area contributed by atoms with E-state index in [-0.39, 0.29) is 22.8 Å². The summed E-state index contributed by atoms with van der Waals surface area (Å²) in [5, 5.41) is 19.1. The number of hydrogen-bond acceptors (Lipinski definition) is 8. The van der Waals surface area contributed by atoms with Gasteiger partial charge in [-0.05, 0) is 51.5 Å². The zero-order chi connectivity index (χ0) is 25.6. The molecule has 2 aliphatic rings. The summed E-state index contributed by atoms with van der Waals surface area (Å²) in [6, 6.07) is 14.6. The maximum absolute atomic E-state index is 13.7. The zero-order valence-corrected chi connectivity index (χ0v) is 21.2. The number of nitrogens with zero attached hydrogens (tertiary/aromatic N) is 2. The van der Waals surface area contributed by atoms with Gasteiger partial charge in [0.1, 0.15) is 12.2 Å². The highest BCUT2D eigenvalue weighted by atomic mass is 32.2. The van der Waals surface area contributed by atoms with Gasteiger partial charge in [-0.2, -0.15) is 9.57 Å². The number of nitriles is 1. The summed E-state index contributed by atoms with van der Waals surface area (Å²) >= 11 is 0. The molecular formula is C24H28N2O7S2. The van der Waals surface area contributed by atoms with Crippen molar-refractivity contribution in [2.24, 2.45) is 0 Å². The fourth-order valence-corrected chi connectivity index (χ4v) is 7.73. The molecular weight excluding hydrogens is 492 g/mol. The largest absolute Gasteiger partial charge is 0.389 e. The maximum Gasteiger partial charge on any atom is 0.243 e. The number of fused-ring (bicyclic) bond motifs is 1. The van der Waals surface area contributed by atoms with Crippen LogP contribution in [0.15, 0.2) is 64.4 Å². The number of benzene rings is 2. The van der Waals surface area contributed by atoms with Crippen molar-refractivity contribution in [2.75, 3.05) is 6.54 Å². The van der Waals surface area contributed by atoms with E-state index in [1.807, 2.05) is 13.0 Å². The van der Waals surface area contributed by atoms with Crippen molar-refractivity contribution in [1.29, 1.82) is 5.26 Å². The van der Waals surface area contributed by atoms with Crippen molar-refractivity contribution in [3.05, 3.63) is 60.2 Å². The van der Waals surface area contributed by atoms with E-state index in [4.69, 9.17) is 9.47 Å². The highest BCUT2D eigenvalue weighted by Crippen LogP contribution is 2.40. The van der Waals surface area contributed by atoms with Crippen molar-refractivity contribution in [1.82, 2.24) is 4.31 Å². The second-order valence-electron chi connectivity index (χ2n) is 9.30. The van der Waals surface area contributed by atoms with Gasteiger partial charge in [-0.25, -0.2) is 16.8 Å². The van der Waals surface area contributed by atoms with Crippen LogP contribution in [-0.4, -0.2) is 68.2 Å². The first kappa shape index (κ1) is 25.8.